The molecule has 0 unspecified atom stereocenters. The molecule has 182 valence electrons. The summed E-state index contributed by atoms with van der Waals surface area (Å²) < 4.78 is 41.5. The van der Waals surface area contributed by atoms with Gasteiger partial charge in [0.05, 0.1) is 22.0 Å². The van der Waals surface area contributed by atoms with Gasteiger partial charge in [-0.1, -0.05) is 46.9 Å². The number of benzene rings is 2. The summed E-state index contributed by atoms with van der Waals surface area (Å²) in [7, 11) is 0. The Morgan fingerprint density at radius 1 is 1.00 bits per heavy atom. The summed E-state index contributed by atoms with van der Waals surface area (Å²) in [5.41, 5.74) is -0.881. The Labute approximate surface area is 214 Å². The number of rotatable bonds is 4. The third-order valence-electron chi connectivity index (χ3n) is 5.51. The monoisotopic (exact) mass is 540 g/mol. The molecule has 0 aliphatic carbocycles. The minimum atomic E-state index is -4.91. The second kappa shape index (κ2) is 10.0. The third kappa shape index (κ3) is 5.55. The van der Waals surface area contributed by atoms with Gasteiger partial charge in [0.25, 0.3) is 5.91 Å². The highest BCUT2D eigenvalue weighted by Crippen LogP contribution is 2.34. The minimum absolute atomic E-state index is 0.00566. The van der Waals surface area contributed by atoms with E-state index in [0.717, 1.165) is 6.08 Å². The predicted molar refractivity (Wildman–Crippen MR) is 134 cm³/mol. The number of dihydropyridines is 1. The molecule has 35 heavy (non-hydrogen) atoms. The van der Waals surface area contributed by atoms with Gasteiger partial charge in [0, 0.05) is 28.7 Å². The number of amidine groups is 1. The van der Waals surface area contributed by atoms with Crippen LogP contribution in [0.25, 0.3) is 5.70 Å². The Balaban J connectivity index is 1.90. The lowest BCUT2D eigenvalue weighted by Gasteiger charge is -2.24. The van der Waals surface area contributed by atoms with Gasteiger partial charge >= 0.3 is 6.18 Å². The average Bonchev–Trinajstić information content (AvgIpc) is 3.33. The molecule has 0 bridgehead atoms. The molecular weight excluding hydrogens is 524 g/mol. The molecule has 2 aliphatic rings. The van der Waals surface area contributed by atoms with Crippen molar-refractivity contribution in [2.45, 2.75) is 19.0 Å². The van der Waals surface area contributed by atoms with Gasteiger partial charge in [0.2, 0.25) is 0 Å². The summed E-state index contributed by atoms with van der Waals surface area (Å²) in [6.07, 6.45) is -2.42. The van der Waals surface area contributed by atoms with Crippen molar-refractivity contribution in [1.29, 1.82) is 5.41 Å². The van der Waals surface area contributed by atoms with Crippen LogP contribution in [-0.4, -0.2) is 41.6 Å². The maximum absolute atomic E-state index is 13.8. The largest absolute Gasteiger partial charge is 0.434 e. The first kappa shape index (κ1) is 25.3. The van der Waals surface area contributed by atoms with Gasteiger partial charge in [-0.25, -0.2) is 4.99 Å². The van der Waals surface area contributed by atoms with E-state index in [1.54, 1.807) is 36.4 Å². The molecule has 2 aromatic carbocycles. The van der Waals surface area contributed by atoms with Crippen LogP contribution in [0.15, 0.2) is 64.7 Å². The fourth-order valence-corrected chi connectivity index (χ4v) is 4.39. The van der Waals surface area contributed by atoms with Crippen LogP contribution in [0, 0.1) is 5.41 Å². The lowest BCUT2D eigenvalue weighted by Crippen LogP contribution is -2.39. The van der Waals surface area contributed by atoms with E-state index in [1.165, 1.54) is 11.0 Å². The zero-order valence-electron chi connectivity index (χ0n) is 18.0. The van der Waals surface area contributed by atoms with Gasteiger partial charge in [0.1, 0.15) is 0 Å². The number of nitrogens with one attached hydrogen (secondary N) is 2. The molecule has 1 saturated heterocycles. The molecule has 0 spiro atoms. The third-order valence-corrected chi connectivity index (χ3v) is 6.31. The quantitative estimate of drug-likeness (QED) is 0.437. The van der Waals surface area contributed by atoms with E-state index in [1.807, 2.05) is 0 Å². The number of carbonyl (C=O) groups is 1. The lowest BCUT2D eigenvalue weighted by molar-refractivity contribution is -0.126. The van der Waals surface area contributed by atoms with Gasteiger partial charge in [-0.3, -0.25) is 10.2 Å². The molecule has 5 nitrogen and oxygen atoms in total. The molecule has 0 atom stereocenters. The topological polar surface area (TPSA) is 68.5 Å². The van der Waals surface area contributed by atoms with E-state index in [0.29, 0.717) is 47.2 Å². The number of alkyl halides is 3. The first-order chi connectivity index (χ1) is 16.5. The number of halogens is 6. The zero-order chi connectivity index (χ0) is 25.3. The maximum Gasteiger partial charge on any atom is 0.434 e. The van der Waals surface area contributed by atoms with Crippen LogP contribution in [0.1, 0.15) is 18.4 Å². The maximum atomic E-state index is 13.8. The van der Waals surface area contributed by atoms with E-state index in [9.17, 15) is 18.0 Å². The van der Waals surface area contributed by atoms with Crippen molar-refractivity contribution in [3.05, 3.63) is 80.3 Å². The van der Waals surface area contributed by atoms with Crippen LogP contribution in [0.4, 0.5) is 18.9 Å². The molecule has 0 radical (unpaired) electrons. The number of nitrogens with zero attached hydrogens (tertiary/aromatic N) is 2. The van der Waals surface area contributed by atoms with Crippen LogP contribution in [-0.2, 0) is 4.79 Å². The van der Waals surface area contributed by atoms with Crippen molar-refractivity contribution in [3.63, 3.8) is 0 Å². The summed E-state index contributed by atoms with van der Waals surface area (Å²) in [6, 6.07) is 11.1. The number of amides is 1. The van der Waals surface area contributed by atoms with Crippen molar-refractivity contribution in [3.8, 4) is 0 Å². The molecule has 2 heterocycles. The van der Waals surface area contributed by atoms with Crippen LogP contribution in [0.3, 0.4) is 0 Å². The number of anilines is 1. The average molecular weight is 542 g/mol. The Hall–Kier alpha value is -2.81. The highest BCUT2D eigenvalue weighted by atomic mass is 35.5. The van der Waals surface area contributed by atoms with Gasteiger partial charge in [-0.15, -0.1) is 0 Å². The smallest absolute Gasteiger partial charge is 0.353 e. The van der Waals surface area contributed by atoms with Gasteiger partial charge in [-0.2, -0.15) is 13.2 Å². The highest BCUT2D eigenvalue weighted by molar-refractivity contribution is 6.37. The number of hydrogen-bond donors (Lipinski definition) is 2. The normalized spacial score (nSPS) is 17.8. The Morgan fingerprint density at radius 3 is 2.23 bits per heavy atom. The molecule has 2 aromatic rings. The van der Waals surface area contributed by atoms with Gasteiger partial charge in [-0.05, 0) is 54.8 Å². The first-order valence-electron chi connectivity index (χ1n) is 10.5. The second-order valence-corrected chi connectivity index (χ2v) is 9.19. The van der Waals surface area contributed by atoms with Gasteiger partial charge < -0.3 is 10.2 Å². The standard InChI is InChI=1S/C24H18Cl3F3N4O/c25-14-5-3-13(4-6-14)20(32-19-8-7-15(26)11-18(19)27)16-12-17(23(35)34-9-1-2-10-34)21(24(28,29)30)33-22(16)31/h3-8,11-12,31-32H,1-2,9-10H2/b20-16-,31-22?. The summed E-state index contributed by atoms with van der Waals surface area (Å²) in [5, 5.41) is 12.5. The van der Waals surface area contributed by atoms with Crippen molar-refractivity contribution in [1.82, 2.24) is 4.90 Å². The molecule has 2 aliphatic heterocycles. The van der Waals surface area contributed by atoms with Crippen LogP contribution in [0.5, 0.6) is 0 Å². The highest BCUT2D eigenvalue weighted by Gasteiger charge is 2.44. The molecule has 1 amide bonds. The van der Waals surface area contributed by atoms with E-state index in [4.69, 9.17) is 40.2 Å². The zero-order valence-corrected chi connectivity index (χ0v) is 20.3. The van der Waals surface area contributed by atoms with Gasteiger partial charge in [0.15, 0.2) is 11.5 Å². The van der Waals surface area contributed by atoms with E-state index in [-0.39, 0.29) is 16.3 Å². The molecule has 1 fully saturated rings. The Morgan fingerprint density at radius 2 is 1.63 bits per heavy atom. The van der Waals surface area contributed by atoms with Crippen molar-refractivity contribution >= 4 is 63.6 Å². The molecule has 0 saturated carbocycles. The van der Waals surface area contributed by atoms with Crippen molar-refractivity contribution in [2.75, 3.05) is 18.4 Å². The summed E-state index contributed by atoms with van der Waals surface area (Å²) in [5.74, 6) is -1.43. The Kier molecular flexibility index (Phi) is 7.26. The SMILES string of the molecule is N=C1N=C(C(F)(F)F)C(C(=O)N2CCCC2)=C/C1=C(/Nc1ccc(Cl)cc1Cl)c1ccc(Cl)cc1. The van der Waals surface area contributed by atoms with Crippen molar-refractivity contribution in [2.24, 2.45) is 4.99 Å². The fraction of sp³-hybridized carbons (Fsp3) is 0.208. The number of likely N-dealkylation sites (tertiary alicyclic amines) is 1. The van der Waals surface area contributed by atoms with E-state index >= 15 is 0 Å². The number of carbonyl (C=O) groups excluding carboxylic acids is 1. The lowest BCUT2D eigenvalue weighted by atomic mass is 9.96. The Bertz CT molecular complexity index is 1280. The minimum Gasteiger partial charge on any atom is -0.353 e. The molecule has 2 N–H and O–H groups in total. The molecule has 4 rings (SSSR count). The second-order valence-electron chi connectivity index (χ2n) is 7.91. The predicted octanol–water partition coefficient (Wildman–Crippen LogP) is 7.01. The van der Waals surface area contributed by atoms with E-state index < -0.39 is 29.2 Å². The van der Waals surface area contributed by atoms with Crippen LogP contribution < -0.4 is 5.32 Å². The molecule has 0 aromatic heterocycles. The van der Waals surface area contributed by atoms with Crippen molar-refractivity contribution < 1.29 is 18.0 Å². The number of aliphatic imine (C=N–C) groups is 1. The summed E-state index contributed by atoms with van der Waals surface area (Å²) in [4.78, 5) is 18.0. The summed E-state index contributed by atoms with van der Waals surface area (Å²) >= 11 is 18.3. The van der Waals surface area contributed by atoms with Crippen LogP contribution >= 0.6 is 34.8 Å². The molecular formula is C24H18Cl3F3N4O. The van der Waals surface area contributed by atoms with Crippen LogP contribution in [0.2, 0.25) is 15.1 Å². The fourth-order valence-electron chi connectivity index (χ4n) is 3.81. The first-order valence-corrected chi connectivity index (χ1v) is 11.7. The number of hydrogen-bond acceptors (Lipinski definition) is 3. The van der Waals surface area contributed by atoms with E-state index in [2.05, 4.69) is 10.3 Å². The molecule has 11 heteroatoms. The summed E-state index contributed by atoms with van der Waals surface area (Å²) in [6.45, 7) is 0.723.